The van der Waals surface area contributed by atoms with Crippen molar-refractivity contribution in [2.75, 3.05) is 13.7 Å². The molecule has 4 heteroatoms. The molecule has 0 unspecified atom stereocenters. The van der Waals surface area contributed by atoms with Crippen LogP contribution in [0.5, 0.6) is 5.75 Å². The highest BCUT2D eigenvalue weighted by Crippen LogP contribution is 2.33. The number of unbranched alkanes of at least 4 members (excludes halogenated alkanes) is 1. The summed E-state index contributed by atoms with van der Waals surface area (Å²) in [5.74, 6) is 0.506. The van der Waals surface area contributed by atoms with Gasteiger partial charge in [-0.15, -0.1) is 0 Å². The molecule has 2 aromatic carbocycles. The number of carbonyl (C=O) groups is 1. The van der Waals surface area contributed by atoms with Gasteiger partial charge in [0, 0.05) is 10.9 Å². The van der Waals surface area contributed by atoms with Crippen molar-refractivity contribution in [1.82, 2.24) is 4.98 Å². The zero-order chi connectivity index (χ0) is 20.3. The van der Waals surface area contributed by atoms with E-state index in [0.717, 1.165) is 57.4 Å². The van der Waals surface area contributed by atoms with E-state index in [1.807, 2.05) is 51.1 Å². The number of methoxy groups -OCH3 is 1. The lowest BCUT2D eigenvalue weighted by atomic mass is 9.95. The van der Waals surface area contributed by atoms with E-state index >= 15 is 0 Å². The van der Waals surface area contributed by atoms with Crippen molar-refractivity contribution in [2.45, 2.75) is 40.5 Å². The van der Waals surface area contributed by atoms with E-state index in [2.05, 4.69) is 13.0 Å². The maximum Gasteiger partial charge on any atom is 0.339 e. The highest BCUT2D eigenvalue weighted by molar-refractivity contribution is 6.07. The van der Waals surface area contributed by atoms with Gasteiger partial charge in [0.2, 0.25) is 0 Å². The second-order valence-electron chi connectivity index (χ2n) is 7.16. The number of nitrogens with zero attached hydrogens (tertiary/aromatic N) is 1. The van der Waals surface area contributed by atoms with Crippen molar-refractivity contribution in [3.05, 3.63) is 58.7 Å². The Morgan fingerprint density at radius 2 is 1.79 bits per heavy atom. The minimum atomic E-state index is -0.280. The van der Waals surface area contributed by atoms with Crippen LogP contribution in [0.3, 0.4) is 0 Å². The van der Waals surface area contributed by atoms with Crippen molar-refractivity contribution in [2.24, 2.45) is 0 Å². The summed E-state index contributed by atoms with van der Waals surface area (Å²) in [5, 5.41) is 0.855. The molecule has 0 spiro atoms. The van der Waals surface area contributed by atoms with Gasteiger partial charge < -0.3 is 9.47 Å². The van der Waals surface area contributed by atoms with E-state index in [4.69, 9.17) is 14.5 Å². The molecule has 4 nitrogen and oxygen atoms in total. The largest absolute Gasteiger partial charge is 0.497 e. The lowest BCUT2D eigenvalue weighted by Crippen LogP contribution is -2.11. The summed E-state index contributed by atoms with van der Waals surface area (Å²) in [5.41, 5.74) is 6.18. The van der Waals surface area contributed by atoms with Gasteiger partial charge in [0.15, 0.2) is 0 Å². The summed E-state index contributed by atoms with van der Waals surface area (Å²) in [6, 6.07) is 11.9. The van der Waals surface area contributed by atoms with E-state index in [9.17, 15) is 4.79 Å². The van der Waals surface area contributed by atoms with Gasteiger partial charge in [-0.1, -0.05) is 25.0 Å². The van der Waals surface area contributed by atoms with Crippen LogP contribution in [0.25, 0.3) is 22.2 Å². The second-order valence-corrected chi connectivity index (χ2v) is 7.16. The molecule has 0 amide bonds. The van der Waals surface area contributed by atoms with Crippen LogP contribution in [0.15, 0.2) is 36.4 Å². The Morgan fingerprint density at radius 3 is 2.43 bits per heavy atom. The van der Waals surface area contributed by atoms with Gasteiger partial charge in [-0.25, -0.2) is 9.78 Å². The molecule has 28 heavy (non-hydrogen) atoms. The summed E-state index contributed by atoms with van der Waals surface area (Å²) < 4.78 is 10.8. The zero-order valence-electron chi connectivity index (χ0n) is 17.3. The summed E-state index contributed by atoms with van der Waals surface area (Å²) in [6.45, 7) is 8.52. The van der Waals surface area contributed by atoms with Crippen molar-refractivity contribution in [3.8, 4) is 17.0 Å². The molecule has 0 saturated heterocycles. The number of fused-ring (bicyclic) bond motifs is 1. The highest BCUT2D eigenvalue weighted by Gasteiger charge is 2.21. The van der Waals surface area contributed by atoms with Gasteiger partial charge in [0.1, 0.15) is 5.75 Å². The fourth-order valence-corrected chi connectivity index (χ4v) is 3.49. The molecule has 0 bridgehead atoms. The standard InChI is InChI=1S/C24H27NO3/c1-6-7-12-28-24(26)21-17(4)23(18-8-10-19(27-5)11-9-18)25-22-16(3)13-15(2)14-20(21)22/h8-11,13-14H,6-7,12H2,1-5H3. The topological polar surface area (TPSA) is 48.4 Å². The molecule has 0 atom stereocenters. The van der Waals surface area contributed by atoms with Crippen LogP contribution in [-0.2, 0) is 4.74 Å². The average molecular weight is 377 g/mol. The maximum atomic E-state index is 13.0. The van der Waals surface area contributed by atoms with Crippen LogP contribution in [-0.4, -0.2) is 24.7 Å². The van der Waals surface area contributed by atoms with Crippen LogP contribution in [0, 0.1) is 20.8 Å². The summed E-state index contributed by atoms with van der Waals surface area (Å²) in [4.78, 5) is 17.9. The molecule has 3 rings (SSSR count). The third-order valence-electron chi connectivity index (χ3n) is 4.97. The first-order valence-electron chi connectivity index (χ1n) is 9.69. The monoisotopic (exact) mass is 377 g/mol. The number of aryl methyl sites for hydroxylation is 2. The Bertz CT molecular complexity index is 1010. The molecule has 0 N–H and O–H groups in total. The van der Waals surface area contributed by atoms with Gasteiger partial charge >= 0.3 is 5.97 Å². The number of ether oxygens (including phenoxy) is 2. The predicted octanol–water partition coefficient (Wildman–Crippen LogP) is 5.79. The van der Waals surface area contributed by atoms with Crippen molar-refractivity contribution in [1.29, 1.82) is 0 Å². The van der Waals surface area contributed by atoms with Gasteiger partial charge in [0.05, 0.1) is 30.5 Å². The number of aromatic nitrogens is 1. The SMILES string of the molecule is CCCCOC(=O)c1c(C)c(-c2ccc(OC)cc2)nc2c(C)cc(C)cc12. The Kier molecular flexibility index (Phi) is 5.98. The van der Waals surface area contributed by atoms with E-state index in [1.165, 1.54) is 0 Å². The minimum Gasteiger partial charge on any atom is -0.497 e. The first-order valence-corrected chi connectivity index (χ1v) is 9.69. The maximum absolute atomic E-state index is 13.0. The van der Waals surface area contributed by atoms with Crippen LogP contribution >= 0.6 is 0 Å². The van der Waals surface area contributed by atoms with Crippen LogP contribution in [0.1, 0.15) is 46.8 Å². The second kappa shape index (κ2) is 8.42. The van der Waals surface area contributed by atoms with Gasteiger partial charge in [-0.05, 0) is 68.7 Å². The molecule has 3 aromatic rings. The molecule has 1 heterocycles. The summed E-state index contributed by atoms with van der Waals surface area (Å²) in [6.07, 6.45) is 1.84. The summed E-state index contributed by atoms with van der Waals surface area (Å²) in [7, 11) is 1.64. The molecule has 0 radical (unpaired) electrons. The van der Waals surface area contributed by atoms with Crippen LogP contribution < -0.4 is 4.74 Å². The van der Waals surface area contributed by atoms with Gasteiger partial charge in [0.25, 0.3) is 0 Å². The van der Waals surface area contributed by atoms with Crippen molar-refractivity contribution < 1.29 is 14.3 Å². The normalized spacial score (nSPS) is 10.9. The molecule has 0 saturated carbocycles. The lowest BCUT2D eigenvalue weighted by Gasteiger charge is -2.16. The molecule has 0 fully saturated rings. The van der Waals surface area contributed by atoms with Gasteiger partial charge in [-0.2, -0.15) is 0 Å². The average Bonchev–Trinajstić information content (AvgIpc) is 2.67. The fourth-order valence-electron chi connectivity index (χ4n) is 3.49. The zero-order valence-corrected chi connectivity index (χ0v) is 17.3. The van der Waals surface area contributed by atoms with Gasteiger partial charge in [-0.3, -0.25) is 0 Å². The third-order valence-corrected chi connectivity index (χ3v) is 4.97. The number of esters is 1. The van der Waals surface area contributed by atoms with Crippen molar-refractivity contribution >= 4 is 16.9 Å². The van der Waals surface area contributed by atoms with Crippen LogP contribution in [0.2, 0.25) is 0 Å². The highest BCUT2D eigenvalue weighted by atomic mass is 16.5. The van der Waals surface area contributed by atoms with E-state index < -0.39 is 0 Å². The number of pyridine rings is 1. The smallest absolute Gasteiger partial charge is 0.339 e. The quantitative estimate of drug-likeness (QED) is 0.403. The number of hydrogen-bond donors (Lipinski definition) is 0. The first kappa shape index (κ1) is 19.9. The number of hydrogen-bond acceptors (Lipinski definition) is 4. The third kappa shape index (κ3) is 3.86. The van der Waals surface area contributed by atoms with Crippen molar-refractivity contribution in [3.63, 3.8) is 0 Å². The fraction of sp³-hybridized carbons (Fsp3) is 0.333. The molecule has 0 aliphatic carbocycles. The Balaban J connectivity index is 2.22. The Morgan fingerprint density at radius 1 is 1.07 bits per heavy atom. The van der Waals surface area contributed by atoms with E-state index in [1.54, 1.807) is 7.11 Å². The lowest BCUT2D eigenvalue weighted by molar-refractivity contribution is 0.0501. The molecule has 1 aromatic heterocycles. The molecular weight excluding hydrogens is 350 g/mol. The predicted molar refractivity (Wildman–Crippen MR) is 113 cm³/mol. The Labute approximate surface area is 166 Å². The molecule has 0 aliphatic rings. The molecule has 0 aliphatic heterocycles. The number of benzene rings is 2. The molecular formula is C24H27NO3. The first-order chi connectivity index (χ1) is 13.5. The minimum absolute atomic E-state index is 0.280. The number of carbonyl (C=O) groups excluding carboxylic acids is 1. The molecule has 146 valence electrons. The number of rotatable bonds is 6. The van der Waals surface area contributed by atoms with E-state index in [0.29, 0.717) is 12.2 Å². The summed E-state index contributed by atoms with van der Waals surface area (Å²) >= 11 is 0. The Hall–Kier alpha value is -2.88. The van der Waals surface area contributed by atoms with E-state index in [-0.39, 0.29) is 5.97 Å². The van der Waals surface area contributed by atoms with Crippen LogP contribution in [0.4, 0.5) is 0 Å².